The second-order valence-corrected chi connectivity index (χ2v) is 11.5. The monoisotopic (exact) mass is 538 g/mol. The van der Waals surface area contributed by atoms with Crippen LogP contribution in [0.15, 0.2) is 95.8 Å². The molecular formula is C34H34O4S. The molecule has 39 heavy (non-hydrogen) atoms. The van der Waals surface area contributed by atoms with Crippen molar-refractivity contribution in [1.82, 2.24) is 0 Å². The van der Waals surface area contributed by atoms with Crippen molar-refractivity contribution >= 4 is 36.6 Å². The summed E-state index contributed by atoms with van der Waals surface area (Å²) in [6, 6.07) is 30.4. The lowest BCUT2D eigenvalue weighted by Gasteiger charge is -2.13. The summed E-state index contributed by atoms with van der Waals surface area (Å²) in [6.45, 7) is 6.48. The van der Waals surface area contributed by atoms with Crippen LogP contribution in [0.25, 0.3) is 36.2 Å². The minimum absolute atomic E-state index is 0. The van der Waals surface area contributed by atoms with Gasteiger partial charge in [0.25, 0.3) is 0 Å². The zero-order chi connectivity index (χ0) is 26.6. The fraction of sp³-hybridized carbons (Fsp3) is 0.206. The standard InChI is InChI=1S/C33H31O4S.CH3/c1-4-18-36-32(34)21-37-29-16-15-25(20-27(29)23-10-6-5-7-11-23)38-30-13-9-8-12-26(30)33(35)28-19-24(22(2)3)14-17-31(28)38;/h5-17,19-20,22H,4,18,21H2,1-3H3;1H3/q+1;-1. The highest BCUT2D eigenvalue weighted by atomic mass is 32.2. The van der Waals surface area contributed by atoms with Crippen molar-refractivity contribution in [1.29, 1.82) is 0 Å². The molecule has 1 heterocycles. The zero-order valence-electron chi connectivity index (χ0n) is 22.9. The number of hydrogen-bond acceptors (Lipinski definition) is 4. The lowest BCUT2D eigenvalue weighted by Crippen LogP contribution is -2.15. The molecule has 5 aromatic rings. The van der Waals surface area contributed by atoms with E-state index < -0.39 is 10.5 Å². The van der Waals surface area contributed by atoms with Crippen LogP contribution in [-0.4, -0.2) is 19.2 Å². The quantitative estimate of drug-likeness (QED) is 0.0858. The maximum absolute atomic E-state index is 13.6. The normalized spacial score (nSPS) is 11.4. The molecule has 1 aromatic heterocycles. The number of hydrogen-bond donors (Lipinski definition) is 0. The summed E-state index contributed by atoms with van der Waals surface area (Å²) < 4.78 is 13.2. The fourth-order valence-corrected chi connectivity index (χ4v) is 6.97. The van der Waals surface area contributed by atoms with Gasteiger partial charge in [-0.15, -0.1) is 0 Å². The van der Waals surface area contributed by atoms with Crippen LogP contribution in [0.1, 0.15) is 38.7 Å². The average Bonchev–Trinajstić information content (AvgIpc) is 2.95. The number of carbonyl (C=O) groups is 1. The molecule has 5 rings (SSSR count). The van der Waals surface area contributed by atoms with E-state index in [0.29, 0.717) is 18.3 Å². The molecule has 0 amide bonds. The van der Waals surface area contributed by atoms with Crippen LogP contribution in [0.2, 0.25) is 0 Å². The molecule has 200 valence electrons. The van der Waals surface area contributed by atoms with Gasteiger partial charge in [0.15, 0.2) is 20.9 Å². The summed E-state index contributed by atoms with van der Waals surface area (Å²) >= 11 is 0. The topological polar surface area (TPSA) is 52.6 Å². The van der Waals surface area contributed by atoms with Crippen LogP contribution >= 0.6 is 10.5 Å². The van der Waals surface area contributed by atoms with Crippen LogP contribution in [0, 0.1) is 7.43 Å². The Bertz CT molecular complexity index is 1670. The van der Waals surface area contributed by atoms with Gasteiger partial charge >= 0.3 is 5.97 Å². The van der Waals surface area contributed by atoms with E-state index in [4.69, 9.17) is 9.47 Å². The molecule has 0 aliphatic heterocycles. The van der Waals surface area contributed by atoms with E-state index in [1.54, 1.807) is 0 Å². The zero-order valence-corrected chi connectivity index (χ0v) is 23.7. The molecule has 0 N–H and O–H groups in total. The first-order valence-electron chi connectivity index (χ1n) is 13.0. The Morgan fingerprint density at radius 3 is 2.31 bits per heavy atom. The predicted molar refractivity (Wildman–Crippen MR) is 164 cm³/mol. The molecule has 0 aliphatic rings. The number of esters is 1. The molecule has 1 atom stereocenters. The molecule has 0 saturated carbocycles. The van der Waals surface area contributed by atoms with E-state index in [-0.39, 0.29) is 25.4 Å². The van der Waals surface area contributed by atoms with E-state index in [1.807, 2.05) is 61.5 Å². The maximum Gasteiger partial charge on any atom is 0.344 e. The van der Waals surface area contributed by atoms with Crippen molar-refractivity contribution in [3.05, 3.63) is 114 Å². The number of carbonyl (C=O) groups excluding carboxylic acids is 1. The first kappa shape index (κ1) is 28.1. The molecule has 0 spiro atoms. The number of rotatable bonds is 8. The van der Waals surface area contributed by atoms with Crippen molar-refractivity contribution in [2.24, 2.45) is 0 Å². The second-order valence-electron chi connectivity index (χ2n) is 9.57. The lowest BCUT2D eigenvalue weighted by molar-refractivity contribution is -0.146. The Hall–Kier alpha value is -3.96. The van der Waals surface area contributed by atoms with Crippen LogP contribution in [-0.2, 0) is 9.53 Å². The van der Waals surface area contributed by atoms with E-state index in [1.165, 1.54) is 0 Å². The van der Waals surface area contributed by atoms with Crippen LogP contribution in [0.5, 0.6) is 5.75 Å². The van der Waals surface area contributed by atoms with Crippen LogP contribution < -0.4 is 10.2 Å². The summed E-state index contributed by atoms with van der Waals surface area (Å²) in [5.41, 5.74) is 3.12. The molecule has 0 saturated heterocycles. The Morgan fingerprint density at radius 1 is 0.846 bits per heavy atom. The summed E-state index contributed by atoms with van der Waals surface area (Å²) in [6.07, 6.45) is 0.766. The van der Waals surface area contributed by atoms with Crippen LogP contribution in [0.4, 0.5) is 0 Å². The summed E-state index contributed by atoms with van der Waals surface area (Å²) in [7, 11) is -0.477. The largest absolute Gasteiger partial charge is 0.481 e. The van der Waals surface area contributed by atoms with E-state index in [9.17, 15) is 9.59 Å². The third kappa shape index (κ3) is 5.74. The highest BCUT2D eigenvalue weighted by Gasteiger charge is 2.25. The van der Waals surface area contributed by atoms with Gasteiger partial charge in [-0.25, -0.2) is 4.79 Å². The molecular weight excluding hydrogens is 504 g/mol. The number of benzene rings is 4. The molecule has 0 fully saturated rings. The van der Waals surface area contributed by atoms with Crippen molar-refractivity contribution in [2.75, 3.05) is 13.2 Å². The summed E-state index contributed by atoms with van der Waals surface area (Å²) in [5.74, 6) is 0.567. The molecule has 5 heteroatoms. The van der Waals surface area contributed by atoms with E-state index in [2.05, 4.69) is 50.2 Å². The summed E-state index contributed by atoms with van der Waals surface area (Å²) in [5, 5.41) is 1.53. The van der Waals surface area contributed by atoms with Crippen molar-refractivity contribution in [3.63, 3.8) is 0 Å². The molecule has 0 bridgehead atoms. The molecule has 0 radical (unpaired) electrons. The first-order chi connectivity index (χ1) is 18.5. The Balaban J connectivity index is 0.00000353. The fourth-order valence-electron chi connectivity index (χ4n) is 4.61. The number of fused-ring (bicyclic) bond motifs is 2. The molecule has 0 aliphatic carbocycles. The van der Waals surface area contributed by atoms with Crippen molar-refractivity contribution in [3.8, 4) is 21.8 Å². The average molecular weight is 539 g/mol. The minimum atomic E-state index is -0.477. The SMILES string of the molecule is CCCOC(=O)COc1ccc(-[s+]2c3ccccc3c(=O)c3cc(C(C)C)ccc32)cc1-c1ccccc1.[CH3-]. The van der Waals surface area contributed by atoms with Crippen molar-refractivity contribution < 1.29 is 14.3 Å². The Labute approximate surface area is 232 Å². The van der Waals surface area contributed by atoms with Gasteiger partial charge in [-0.3, -0.25) is 4.79 Å². The molecule has 1 unspecified atom stereocenters. The highest BCUT2D eigenvalue weighted by Crippen LogP contribution is 2.46. The van der Waals surface area contributed by atoms with Crippen molar-refractivity contribution in [2.45, 2.75) is 33.1 Å². The van der Waals surface area contributed by atoms with Crippen LogP contribution in [0.3, 0.4) is 0 Å². The highest BCUT2D eigenvalue weighted by molar-refractivity contribution is 7.49. The predicted octanol–water partition coefficient (Wildman–Crippen LogP) is 8.66. The number of ether oxygens (including phenoxy) is 2. The van der Waals surface area contributed by atoms with Gasteiger partial charge in [-0.2, -0.15) is 0 Å². The van der Waals surface area contributed by atoms with Gasteiger partial charge in [0, 0.05) is 28.2 Å². The van der Waals surface area contributed by atoms with E-state index in [0.717, 1.165) is 48.2 Å². The van der Waals surface area contributed by atoms with Gasteiger partial charge in [0.05, 0.1) is 17.4 Å². The Morgan fingerprint density at radius 2 is 1.56 bits per heavy atom. The molecule has 4 aromatic carbocycles. The van der Waals surface area contributed by atoms with Gasteiger partial charge < -0.3 is 16.9 Å². The summed E-state index contributed by atoms with van der Waals surface area (Å²) in [4.78, 5) is 26.8. The van der Waals surface area contributed by atoms with Gasteiger partial charge in [-0.05, 0) is 53.8 Å². The smallest absolute Gasteiger partial charge is 0.344 e. The second kappa shape index (κ2) is 12.3. The first-order valence-corrected chi connectivity index (χ1v) is 14.2. The third-order valence-electron chi connectivity index (χ3n) is 6.57. The lowest BCUT2D eigenvalue weighted by atomic mass is 10.0. The van der Waals surface area contributed by atoms with Gasteiger partial charge in [-0.1, -0.05) is 69.3 Å². The van der Waals surface area contributed by atoms with E-state index >= 15 is 0 Å². The maximum atomic E-state index is 13.6. The molecule has 4 nitrogen and oxygen atoms in total. The van der Waals surface area contributed by atoms with Gasteiger partial charge in [0.2, 0.25) is 5.43 Å². The van der Waals surface area contributed by atoms with Gasteiger partial charge in [0.1, 0.15) is 5.75 Å². The third-order valence-corrected chi connectivity index (χ3v) is 8.89. The minimum Gasteiger partial charge on any atom is -0.481 e. The Kier molecular flexibility index (Phi) is 8.82.